The van der Waals surface area contributed by atoms with Gasteiger partial charge in [0.25, 0.3) is 0 Å². The van der Waals surface area contributed by atoms with E-state index in [-0.39, 0.29) is 5.41 Å². The van der Waals surface area contributed by atoms with Gasteiger partial charge in [-0.1, -0.05) is 27.2 Å². The first kappa shape index (κ1) is 10.1. The van der Waals surface area contributed by atoms with Crippen LogP contribution in [0.15, 0.2) is 24.7 Å². The molecule has 2 heterocycles. The first-order valence-corrected chi connectivity index (χ1v) is 5.44. The van der Waals surface area contributed by atoms with Crippen LogP contribution in [0.5, 0.6) is 0 Å². The van der Waals surface area contributed by atoms with E-state index >= 15 is 0 Å². The summed E-state index contributed by atoms with van der Waals surface area (Å²) in [7, 11) is 0. The molecule has 0 aliphatic heterocycles. The Labute approximate surface area is 90.1 Å². The minimum Gasteiger partial charge on any atom is -0.235 e. The second-order valence-electron chi connectivity index (χ2n) is 4.57. The maximum absolute atomic E-state index is 4.37. The number of imidazole rings is 1. The largest absolute Gasteiger partial charge is 0.235 e. The molecule has 0 saturated carbocycles. The Kier molecular flexibility index (Phi) is 2.47. The molecule has 0 radical (unpaired) electrons. The smallest absolute Gasteiger partial charge is 0.157 e. The van der Waals surface area contributed by atoms with Crippen LogP contribution in [0.4, 0.5) is 0 Å². The van der Waals surface area contributed by atoms with Crippen molar-refractivity contribution in [1.29, 1.82) is 0 Å². The molecule has 0 N–H and O–H groups in total. The maximum atomic E-state index is 4.37. The van der Waals surface area contributed by atoms with E-state index in [9.17, 15) is 0 Å². The third-order valence-corrected chi connectivity index (χ3v) is 2.90. The van der Waals surface area contributed by atoms with Crippen LogP contribution in [-0.2, 0) is 5.41 Å². The van der Waals surface area contributed by atoms with Crippen molar-refractivity contribution in [2.75, 3.05) is 0 Å². The number of hydrogen-bond donors (Lipinski definition) is 0. The molecule has 2 aromatic rings. The quantitative estimate of drug-likeness (QED) is 0.767. The highest BCUT2D eigenvalue weighted by Gasteiger charge is 2.22. The Morgan fingerprint density at radius 3 is 2.87 bits per heavy atom. The third kappa shape index (κ3) is 1.74. The summed E-state index contributed by atoms with van der Waals surface area (Å²) in [6.07, 6.45) is 7.89. The predicted octanol–water partition coefficient (Wildman–Crippen LogP) is 2.81. The average molecular weight is 203 g/mol. The zero-order valence-corrected chi connectivity index (χ0v) is 9.57. The van der Waals surface area contributed by atoms with Crippen molar-refractivity contribution < 1.29 is 0 Å². The lowest BCUT2D eigenvalue weighted by Gasteiger charge is -2.24. The van der Waals surface area contributed by atoms with Crippen LogP contribution in [0, 0.1) is 0 Å². The average Bonchev–Trinajstić information content (AvgIpc) is 2.64. The zero-order valence-electron chi connectivity index (χ0n) is 9.57. The lowest BCUT2D eigenvalue weighted by molar-refractivity contribution is 0.473. The molecule has 0 unspecified atom stereocenters. The lowest BCUT2D eigenvalue weighted by Crippen LogP contribution is -2.18. The highest BCUT2D eigenvalue weighted by molar-refractivity contribution is 5.49. The summed E-state index contributed by atoms with van der Waals surface area (Å²) in [6.45, 7) is 6.74. The van der Waals surface area contributed by atoms with E-state index in [2.05, 4.69) is 36.9 Å². The summed E-state index contributed by atoms with van der Waals surface area (Å²) in [6, 6.07) is 2.08. The van der Waals surface area contributed by atoms with Crippen molar-refractivity contribution in [2.24, 2.45) is 0 Å². The summed E-state index contributed by atoms with van der Waals surface area (Å²) in [4.78, 5) is 4.37. The third-order valence-electron chi connectivity index (χ3n) is 2.90. The van der Waals surface area contributed by atoms with E-state index in [1.807, 2.05) is 16.9 Å². The van der Waals surface area contributed by atoms with Gasteiger partial charge in [0, 0.05) is 24.2 Å². The zero-order chi connectivity index (χ0) is 10.9. The van der Waals surface area contributed by atoms with Crippen LogP contribution in [0.2, 0.25) is 0 Å². The number of fused-ring (bicyclic) bond motifs is 1. The molecule has 3 heteroatoms. The molecule has 0 aliphatic carbocycles. The van der Waals surface area contributed by atoms with Gasteiger partial charge in [-0.05, 0) is 17.9 Å². The van der Waals surface area contributed by atoms with Gasteiger partial charge in [0.15, 0.2) is 5.65 Å². The van der Waals surface area contributed by atoms with Gasteiger partial charge in [-0.15, -0.1) is 0 Å². The summed E-state index contributed by atoms with van der Waals surface area (Å²) in [5.74, 6) is 0. The van der Waals surface area contributed by atoms with Gasteiger partial charge in [0.05, 0.1) is 0 Å². The summed E-state index contributed by atoms with van der Waals surface area (Å²) < 4.78 is 1.84. The summed E-state index contributed by atoms with van der Waals surface area (Å²) in [5, 5.41) is 4.23. The fraction of sp³-hybridized carbons (Fsp3) is 0.500. The topological polar surface area (TPSA) is 30.2 Å². The number of aromatic nitrogens is 3. The molecule has 2 rings (SSSR count). The van der Waals surface area contributed by atoms with Crippen molar-refractivity contribution in [3.05, 3.63) is 30.2 Å². The van der Waals surface area contributed by atoms with E-state index in [0.29, 0.717) is 0 Å². The molecule has 15 heavy (non-hydrogen) atoms. The molecule has 0 fully saturated rings. The van der Waals surface area contributed by atoms with Crippen LogP contribution >= 0.6 is 0 Å². The number of hydrogen-bond acceptors (Lipinski definition) is 2. The van der Waals surface area contributed by atoms with Crippen LogP contribution in [0.25, 0.3) is 5.65 Å². The highest BCUT2D eigenvalue weighted by atomic mass is 15.2. The molecule has 0 spiro atoms. The van der Waals surface area contributed by atoms with Crippen molar-refractivity contribution in [3.63, 3.8) is 0 Å². The van der Waals surface area contributed by atoms with Crippen molar-refractivity contribution >= 4 is 5.65 Å². The first-order valence-electron chi connectivity index (χ1n) is 5.44. The van der Waals surface area contributed by atoms with E-state index in [4.69, 9.17) is 0 Å². The van der Waals surface area contributed by atoms with Crippen LogP contribution < -0.4 is 0 Å². The van der Waals surface area contributed by atoms with Gasteiger partial charge in [0.2, 0.25) is 0 Å². The second-order valence-corrected chi connectivity index (χ2v) is 4.57. The molecule has 0 aliphatic rings. The second kappa shape index (κ2) is 3.65. The minimum absolute atomic E-state index is 0.171. The van der Waals surface area contributed by atoms with E-state index in [1.165, 1.54) is 18.4 Å². The monoisotopic (exact) mass is 203 g/mol. The van der Waals surface area contributed by atoms with Gasteiger partial charge in [-0.2, -0.15) is 5.10 Å². The van der Waals surface area contributed by atoms with E-state index in [1.54, 1.807) is 6.20 Å². The SMILES string of the molecule is CCCC(C)(C)c1ccnn2ccnc12. The number of nitrogens with zero attached hydrogens (tertiary/aromatic N) is 3. The molecule has 0 atom stereocenters. The molecule has 0 bridgehead atoms. The van der Waals surface area contributed by atoms with Crippen LogP contribution in [-0.4, -0.2) is 14.6 Å². The molecule has 3 nitrogen and oxygen atoms in total. The Balaban J connectivity index is 2.55. The minimum atomic E-state index is 0.171. The molecule has 0 saturated heterocycles. The Bertz CT molecular complexity index is 457. The van der Waals surface area contributed by atoms with E-state index < -0.39 is 0 Å². The van der Waals surface area contributed by atoms with Crippen molar-refractivity contribution in [3.8, 4) is 0 Å². The highest BCUT2D eigenvalue weighted by Crippen LogP contribution is 2.30. The molecule has 0 amide bonds. The van der Waals surface area contributed by atoms with Crippen molar-refractivity contribution in [1.82, 2.24) is 14.6 Å². The standard InChI is InChI=1S/C12H17N3/c1-4-6-12(2,3)10-5-7-14-15-9-8-13-11(10)15/h5,7-9H,4,6H2,1-3H3. The fourth-order valence-electron chi connectivity index (χ4n) is 2.13. The van der Waals surface area contributed by atoms with Gasteiger partial charge in [-0.3, -0.25) is 0 Å². The first-order chi connectivity index (χ1) is 7.15. The molecule has 80 valence electrons. The molecular formula is C12H17N3. The Morgan fingerprint density at radius 2 is 2.13 bits per heavy atom. The molecule has 0 aromatic carbocycles. The van der Waals surface area contributed by atoms with Gasteiger partial charge in [0.1, 0.15) is 0 Å². The molecular weight excluding hydrogens is 186 g/mol. The maximum Gasteiger partial charge on any atom is 0.157 e. The summed E-state index contributed by atoms with van der Waals surface area (Å²) in [5.41, 5.74) is 2.44. The summed E-state index contributed by atoms with van der Waals surface area (Å²) >= 11 is 0. The fourth-order valence-corrected chi connectivity index (χ4v) is 2.13. The normalized spacial score (nSPS) is 12.2. The van der Waals surface area contributed by atoms with Gasteiger partial charge < -0.3 is 0 Å². The number of rotatable bonds is 3. The van der Waals surface area contributed by atoms with Crippen molar-refractivity contribution in [2.45, 2.75) is 39.0 Å². The van der Waals surface area contributed by atoms with Gasteiger partial charge >= 0.3 is 0 Å². The predicted molar refractivity (Wildman–Crippen MR) is 60.9 cm³/mol. The van der Waals surface area contributed by atoms with Gasteiger partial charge in [-0.25, -0.2) is 9.50 Å². The Hall–Kier alpha value is -1.38. The van der Waals surface area contributed by atoms with Crippen LogP contribution in [0.3, 0.4) is 0 Å². The van der Waals surface area contributed by atoms with Crippen LogP contribution in [0.1, 0.15) is 39.2 Å². The molecule has 2 aromatic heterocycles. The lowest BCUT2D eigenvalue weighted by atomic mass is 9.81. The Morgan fingerprint density at radius 1 is 1.33 bits per heavy atom. The van der Waals surface area contributed by atoms with E-state index in [0.717, 1.165) is 5.65 Å².